The summed E-state index contributed by atoms with van der Waals surface area (Å²) in [6.07, 6.45) is 3.26. The maximum atomic E-state index is 12.8. The van der Waals surface area contributed by atoms with Crippen LogP contribution in [0.4, 0.5) is 0 Å². The van der Waals surface area contributed by atoms with Crippen molar-refractivity contribution in [3.8, 4) is 0 Å². The van der Waals surface area contributed by atoms with Gasteiger partial charge in [0.2, 0.25) is 0 Å². The van der Waals surface area contributed by atoms with E-state index in [2.05, 4.69) is 0 Å². The number of cyclic esters (lactones) is 1. The standard InChI is InChI=1S/C21H20Cl2O3/c22-16-9-5-14(6-10-16)19-21(25,15-7-11-17(23)12-8-15)18(20(24)26-19)13-3-1-2-4-13/h5-13,18-19,25H,1-4H2/t18-,19-,21-/m1/s1. The summed E-state index contributed by atoms with van der Waals surface area (Å²) < 4.78 is 5.75. The summed E-state index contributed by atoms with van der Waals surface area (Å²) in [5.41, 5.74) is -0.0323. The monoisotopic (exact) mass is 390 g/mol. The van der Waals surface area contributed by atoms with Crippen molar-refractivity contribution >= 4 is 29.2 Å². The average Bonchev–Trinajstić information content (AvgIpc) is 3.23. The molecule has 5 heteroatoms. The molecule has 1 aliphatic heterocycles. The van der Waals surface area contributed by atoms with Crippen molar-refractivity contribution in [2.75, 3.05) is 0 Å². The molecule has 0 unspecified atom stereocenters. The molecule has 3 atom stereocenters. The molecule has 4 rings (SSSR count). The van der Waals surface area contributed by atoms with E-state index in [4.69, 9.17) is 27.9 Å². The minimum absolute atomic E-state index is 0.125. The van der Waals surface area contributed by atoms with Crippen LogP contribution in [0.2, 0.25) is 10.0 Å². The van der Waals surface area contributed by atoms with Gasteiger partial charge in [0.25, 0.3) is 0 Å². The van der Waals surface area contributed by atoms with Crippen LogP contribution in [0, 0.1) is 11.8 Å². The number of benzene rings is 2. The van der Waals surface area contributed by atoms with Crippen LogP contribution < -0.4 is 0 Å². The quantitative estimate of drug-likeness (QED) is 0.724. The predicted octanol–water partition coefficient (Wildman–Crippen LogP) is 5.29. The first-order valence-corrected chi connectivity index (χ1v) is 9.70. The summed E-state index contributed by atoms with van der Waals surface area (Å²) in [6.45, 7) is 0. The fourth-order valence-corrected chi connectivity index (χ4v) is 4.72. The third kappa shape index (κ3) is 2.92. The maximum absolute atomic E-state index is 12.8. The predicted molar refractivity (Wildman–Crippen MR) is 101 cm³/mol. The summed E-state index contributed by atoms with van der Waals surface area (Å²) in [4.78, 5) is 12.8. The molecule has 2 aromatic rings. The van der Waals surface area contributed by atoms with E-state index in [1.54, 1.807) is 48.5 Å². The van der Waals surface area contributed by atoms with Crippen molar-refractivity contribution in [2.24, 2.45) is 11.8 Å². The molecule has 0 amide bonds. The zero-order chi connectivity index (χ0) is 18.3. The van der Waals surface area contributed by atoms with E-state index in [1.807, 2.05) is 0 Å². The van der Waals surface area contributed by atoms with E-state index in [0.29, 0.717) is 15.6 Å². The van der Waals surface area contributed by atoms with Gasteiger partial charge < -0.3 is 9.84 Å². The van der Waals surface area contributed by atoms with Gasteiger partial charge in [0.1, 0.15) is 5.60 Å². The molecule has 1 saturated carbocycles. The number of aliphatic hydroxyl groups is 1. The summed E-state index contributed by atoms with van der Waals surface area (Å²) in [7, 11) is 0. The van der Waals surface area contributed by atoms with Crippen LogP contribution in [0.1, 0.15) is 42.9 Å². The van der Waals surface area contributed by atoms with Crippen LogP contribution in [-0.2, 0) is 15.1 Å². The van der Waals surface area contributed by atoms with Crippen LogP contribution in [-0.4, -0.2) is 11.1 Å². The Balaban J connectivity index is 1.83. The zero-order valence-electron chi connectivity index (χ0n) is 14.2. The number of halogens is 2. The Kier molecular flexibility index (Phi) is 4.72. The molecule has 1 heterocycles. The Bertz CT molecular complexity index is 797. The van der Waals surface area contributed by atoms with Gasteiger partial charge in [-0.25, -0.2) is 0 Å². The van der Waals surface area contributed by atoms with Crippen molar-refractivity contribution in [1.82, 2.24) is 0 Å². The van der Waals surface area contributed by atoms with Gasteiger partial charge in [0.15, 0.2) is 6.10 Å². The minimum atomic E-state index is -1.43. The highest BCUT2D eigenvalue weighted by Gasteiger charge is 2.60. The number of esters is 1. The molecule has 26 heavy (non-hydrogen) atoms. The molecule has 2 fully saturated rings. The molecule has 136 valence electrons. The molecule has 3 nitrogen and oxygen atoms in total. The van der Waals surface area contributed by atoms with Crippen molar-refractivity contribution in [2.45, 2.75) is 37.4 Å². The maximum Gasteiger partial charge on any atom is 0.313 e. The van der Waals surface area contributed by atoms with Gasteiger partial charge in [0.05, 0.1) is 5.92 Å². The lowest BCUT2D eigenvalue weighted by Crippen LogP contribution is -2.40. The Morgan fingerprint density at radius 3 is 2.04 bits per heavy atom. The van der Waals surface area contributed by atoms with Crippen LogP contribution in [0.15, 0.2) is 48.5 Å². The lowest BCUT2D eigenvalue weighted by atomic mass is 9.71. The van der Waals surface area contributed by atoms with E-state index in [1.165, 1.54) is 0 Å². The topological polar surface area (TPSA) is 46.5 Å². The van der Waals surface area contributed by atoms with Crippen LogP contribution in [0.25, 0.3) is 0 Å². The van der Waals surface area contributed by atoms with E-state index in [9.17, 15) is 9.90 Å². The molecule has 2 aliphatic rings. The highest BCUT2D eigenvalue weighted by Crippen LogP contribution is 2.54. The number of carbonyl (C=O) groups is 1. The lowest BCUT2D eigenvalue weighted by molar-refractivity contribution is -0.145. The summed E-state index contributed by atoms with van der Waals surface area (Å²) in [5, 5.41) is 13.1. The van der Waals surface area contributed by atoms with Gasteiger partial charge in [0, 0.05) is 10.0 Å². The van der Waals surface area contributed by atoms with Gasteiger partial charge in [-0.3, -0.25) is 4.79 Å². The van der Waals surface area contributed by atoms with E-state index in [0.717, 1.165) is 31.2 Å². The minimum Gasteiger partial charge on any atom is -0.454 e. The molecule has 1 saturated heterocycles. The zero-order valence-corrected chi connectivity index (χ0v) is 15.7. The number of ether oxygens (including phenoxy) is 1. The van der Waals surface area contributed by atoms with Crippen molar-refractivity contribution in [3.05, 3.63) is 69.7 Å². The summed E-state index contributed by atoms with van der Waals surface area (Å²) in [6, 6.07) is 14.1. The van der Waals surface area contributed by atoms with Crippen molar-refractivity contribution in [3.63, 3.8) is 0 Å². The van der Waals surface area contributed by atoms with E-state index < -0.39 is 17.6 Å². The number of rotatable bonds is 3. The Morgan fingerprint density at radius 1 is 0.923 bits per heavy atom. The second-order valence-corrected chi connectivity index (χ2v) is 8.10. The third-order valence-corrected chi connectivity index (χ3v) is 6.22. The molecular weight excluding hydrogens is 371 g/mol. The van der Waals surface area contributed by atoms with Gasteiger partial charge in [-0.2, -0.15) is 0 Å². The third-order valence-electron chi connectivity index (χ3n) is 5.71. The summed E-state index contributed by atoms with van der Waals surface area (Å²) >= 11 is 12.0. The molecule has 0 spiro atoms. The first kappa shape index (κ1) is 17.8. The molecule has 2 aromatic carbocycles. The first-order chi connectivity index (χ1) is 12.5. The normalized spacial score (nSPS) is 29.1. The van der Waals surface area contributed by atoms with Crippen molar-refractivity contribution in [1.29, 1.82) is 0 Å². The van der Waals surface area contributed by atoms with Gasteiger partial charge in [-0.05, 0) is 54.2 Å². The van der Waals surface area contributed by atoms with E-state index >= 15 is 0 Å². The number of hydrogen-bond acceptors (Lipinski definition) is 3. The van der Waals surface area contributed by atoms with Crippen LogP contribution in [0.5, 0.6) is 0 Å². The highest BCUT2D eigenvalue weighted by atomic mass is 35.5. The van der Waals surface area contributed by atoms with Gasteiger partial charge in [-0.1, -0.05) is 60.3 Å². The van der Waals surface area contributed by atoms with E-state index in [-0.39, 0.29) is 11.9 Å². The van der Waals surface area contributed by atoms with Gasteiger partial charge in [-0.15, -0.1) is 0 Å². The molecule has 0 bridgehead atoms. The fraction of sp³-hybridized carbons (Fsp3) is 0.381. The number of carbonyl (C=O) groups excluding carboxylic acids is 1. The smallest absolute Gasteiger partial charge is 0.313 e. The highest BCUT2D eigenvalue weighted by molar-refractivity contribution is 6.30. The van der Waals surface area contributed by atoms with Crippen molar-refractivity contribution < 1.29 is 14.6 Å². The Labute approximate surface area is 162 Å². The first-order valence-electron chi connectivity index (χ1n) is 8.94. The summed E-state index contributed by atoms with van der Waals surface area (Å²) in [5.74, 6) is -0.776. The Hall–Kier alpha value is -1.55. The lowest BCUT2D eigenvalue weighted by Gasteiger charge is -2.34. The fourth-order valence-electron chi connectivity index (χ4n) is 4.47. The molecule has 1 N–H and O–H groups in total. The molecule has 1 aliphatic carbocycles. The second-order valence-electron chi connectivity index (χ2n) is 7.22. The molecule has 0 aromatic heterocycles. The van der Waals surface area contributed by atoms with Gasteiger partial charge >= 0.3 is 5.97 Å². The van der Waals surface area contributed by atoms with Crippen LogP contribution in [0.3, 0.4) is 0 Å². The van der Waals surface area contributed by atoms with Crippen LogP contribution >= 0.6 is 23.2 Å². The average molecular weight is 391 g/mol. The Morgan fingerprint density at radius 2 is 1.46 bits per heavy atom. The number of hydrogen-bond donors (Lipinski definition) is 1. The molecular formula is C21H20Cl2O3. The largest absolute Gasteiger partial charge is 0.454 e. The SMILES string of the molecule is O=C1O[C@H](c2ccc(Cl)cc2)[C@@](O)(c2ccc(Cl)cc2)[C@@H]1C1CCCC1. The molecule has 0 radical (unpaired) electrons. The second kappa shape index (κ2) is 6.88.